The Hall–Kier alpha value is -2.46. The summed E-state index contributed by atoms with van der Waals surface area (Å²) in [6, 6.07) is 11.0. The Bertz CT molecular complexity index is 1330. The van der Waals surface area contributed by atoms with Crippen LogP contribution in [-0.4, -0.2) is 60.9 Å². The molecule has 2 aromatic carbocycles. The molecule has 228 valence electrons. The molecule has 3 N–H and O–H groups in total. The molecule has 4 fully saturated rings. The molecule has 1 heterocycles. The average Bonchev–Trinajstić information content (AvgIpc) is 3.34. The quantitative estimate of drug-likeness (QED) is 0.349. The number of hydrogen-bond acceptors (Lipinski definition) is 6. The van der Waals surface area contributed by atoms with Crippen molar-refractivity contribution in [3.8, 4) is 16.9 Å². The largest absolute Gasteiger partial charge is 0.496 e. The van der Waals surface area contributed by atoms with Crippen molar-refractivity contribution in [2.24, 2.45) is 29.1 Å². The number of ether oxygens (including phenoxy) is 1. The van der Waals surface area contributed by atoms with Crippen molar-refractivity contribution in [3.63, 3.8) is 0 Å². The smallest absolute Gasteiger partial charge is 0.251 e. The first-order valence-electron chi connectivity index (χ1n) is 15.1. The molecule has 9 heteroatoms. The summed E-state index contributed by atoms with van der Waals surface area (Å²) in [5.41, 5.74) is 3.37. The van der Waals surface area contributed by atoms with E-state index in [2.05, 4.69) is 47.3 Å². The number of benzene rings is 2. The number of hydrogen-bond donors (Lipinski definition) is 3. The molecule has 6 rings (SSSR count). The summed E-state index contributed by atoms with van der Waals surface area (Å²) in [5.74, 6) is 1.96. The molecule has 2 aromatic rings. The molecule has 1 aliphatic heterocycles. The molecule has 8 nitrogen and oxygen atoms in total. The van der Waals surface area contributed by atoms with Crippen LogP contribution in [0.4, 0.5) is 0 Å². The second-order valence-electron chi connectivity index (χ2n) is 12.8. The van der Waals surface area contributed by atoms with Crippen LogP contribution < -0.4 is 15.4 Å². The minimum atomic E-state index is -0.537. The molecule has 3 aliphatic carbocycles. The number of carbonyl (C=O) groups is 2. The Morgan fingerprint density at radius 2 is 1.98 bits per heavy atom. The first-order valence-corrected chi connectivity index (χ1v) is 15.9. The summed E-state index contributed by atoms with van der Waals surface area (Å²) in [7, 11) is 3.23. The van der Waals surface area contributed by atoms with Crippen LogP contribution >= 0.6 is 15.9 Å². The lowest BCUT2D eigenvalue weighted by atomic mass is 9.45. The third-order valence-electron chi connectivity index (χ3n) is 10.4. The molecular weight excluding hydrogens is 598 g/mol. The molecule has 4 aliphatic rings. The Morgan fingerprint density at radius 3 is 2.60 bits per heavy atom. The highest BCUT2D eigenvalue weighted by Crippen LogP contribution is 2.61. The maximum Gasteiger partial charge on any atom is 0.251 e. The second-order valence-corrected chi connectivity index (χ2v) is 13.7. The van der Waals surface area contributed by atoms with E-state index in [0.717, 1.165) is 27.6 Å². The van der Waals surface area contributed by atoms with Gasteiger partial charge >= 0.3 is 0 Å². The average molecular weight is 643 g/mol. The normalized spacial score (nSPS) is 30.0. The summed E-state index contributed by atoms with van der Waals surface area (Å²) < 4.78 is 6.71. The van der Waals surface area contributed by atoms with Crippen molar-refractivity contribution in [2.75, 3.05) is 20.8 Å². The van der Waals surface area contributed by atoms with E-state index in [-0.39, 0.29) is 30.4 Å². The second kappa shape index (κ2) is 12.3. The van der Waals surface area contributed by atoms with Crippen LogP contribution in [0, 0.1) is 29.1 Å². The van der Waals surface area contributed by atoms with E-state index < -0.39 is 12.1 Å². The zero-order chi connectivity index (χ0) is 30.3. The first-order chi connectivity index (χ1) is 20.0. The highest BCUT2D eigenvalue weighted by atomic mass is 79.9. The van der Waals surface area contributed by atoms with Gasteiger partial charge in [-0.2, -0.15) is 5.06 Å². The van der Waals surface area contributed by atoms with Crippen molar-refractivity contribution >= 4 is 27.7 Å². The number of aliphatic hydroxyl groups excluding tert-OH is 1. The summed E-state index contributed by atoms with van der Waals surface area (Å²) in [6.45, 7) is 9.18. The summed E-state index contributed by atoms with van der Waals surface area (Å²) in [5, 5.41) is 18.0. The Morgan fingerprint density at radius 1 is 1.21 bits per heavy atom. The molecule has 2 bridgehead atoms. The van der Waals surface area contributed by atoms with Gasteiger partial charge in [-0.25, -0.2) is 0 Å². The van der Waals surface area contributed by atoms with Crippen molar-refractivity contribution in [1.29, 1.82) is 0 Å². The van der Waals surface area contributed by atoms with Gasteiger partial charge in [0.15, 0.2) is 0 Å². The van der Waals surface area contributed by atoms with Crippen molar-refractivity contribution < 1.29 is 24.3 Å². The lowest BCUT2D eigenvalue weighted by Gasteiger charge is -2.62. The number of amides is 2. The molecule has 1 saturated heterocycles. The minimum Gasteiger partial charge on any atom is -0.496 e. The fraction of sp³-hybridized carbons (Fsp3) is 0.576. The Labute approximate surface area is 257 Å². The van der Waals surface area contributed by atoms with E-state index in [1.54, 1.807) is 25.3 Å². The Kier molecular flexibility index (Phi) is 9.05. The van der Waals surface area contributed by atoms with Crippen LogP contribution in [0.25, 0.3) is 11.1 Å². The van der Waals surface area contributed by atoms with Crippen LogP contribution in [0.15, 0.2) is 40.9 Å². The number of carbonyl (C=O) groups excluding carboxylic acids is 2. The molecule has 42 heavy (non-hydrogen) atoms. The highest BCUT2D eigenvalue weighted by molar-refractivity contribution is 9.10. The van der Waals surface area contributed by atoms with E-state index in [9.17, 15) is 14.7 Å². The van der Waals surface area contributed by atoms with Crippen molar-refractivity contribution in [3.05, 3.63) is 52.0 Å². The van der Waals surface area contributed by atoms with Gasteiger partial charge in [0, 0.05) is 40.2 Å². The monoisotopic (exact) mass is 641 g/mol. The zero-order valence-corrected chi connectivity index (χ0v) is 27.0. The zero-order valence-electron chi connectivity index (χ0n) is 25.4. The van der Waals surface area contributed by atoms with Crippen molar-refractivity contribution in [1.82, 2.24) is 15.7 Å². The number of nitrogens with one attached hydrogen (secondary N) is 2. The lowest BCUT2D eigenvalue weighted by molar-refractivity contribution is -0.183. The minimum absolute atomic E-state index is 0.0360. The summed E-state index contributed by atoms with van der Waals surface area (Å²) in [6.07, 6.45) is 2.50. The van der Waals surface area contributed by atoms with E-state index in [1.807, 2.05) is 37.3 Å². The molecule has 0 unspecified atom stereocenters. The van der Waals surface area contributed by atoms with Crippen LogP contribution in [0.2, 0.25) is 0 Å². The van der Waals surface area contributed by atoms with E-state index in [0.29, 0.717) is 47.4 Å². The standard InChI is InChI=1S/C33H44BrN3O5/c1-7-24-28(17-38)42-37(29(24)32(40)36-27-15-22-14-26(18(27)2)33(22,3)4)16-19-9-8-10-25(30(19)41-6)20-11-21(31(39)35-5)13-23(34)12-20/h8-13,18,22,24,26-29,38H,7,14-17H2,1-6H3,(H,35,39)(H,36,40)/t18-,22+,24-,26-,27-,28-,29-/m0/s1. The summed E-state index contributed by atoms with van der Waals surface area (Å²) in [4.78, 5) is 32.7. The molecule has 0 aromatic heterocycles. The molecular formula is C33H44BrN3O5. The molecule has 0 radical (unpaired) electrons. The van der Waals surface area contributed by atoms with Crippen LogP contribution in [-0.2, 0) is 16.2 Å². The SMILES string of the molecule is CC[C@H]1[C@H](CO)ON(Cc2cccc(-c3cc(Br)cc(C(=O)NC)c3)c2OC)[C@@H]1C(=O)N[C@H]1C[C@H]2C[C@@H]([C@@H]1C)C2(C)C. The van der Waals surface area contributed by atoms with Crippen LogP contribution in [0.3, 0.4) is 0 Å². The highest BCUT2D eigenvalue weighted by Gasteiger charge is 2.57. The van der Waals surface area contributed by atoms with Gasteiger partial charge in [0.05, 0.1) is 20.3 Å². The van der Waals surface area contributed by atoms with Crippen LogP contribution in [0.1, 0.15) is 62.9 Å². The van der Waals surface area contributed by atoms with Gasteiger partial charge in [-0.15, -0.1) is 0 Å². The number of para-hydroxylation sites is 1. The number of nitrogens with zero attached hydrogens (tertiary/aromatic N) is 1. The van der Waals surface area contributed by atoms with Gasteiger partial charge < -0.3 is 20.5 Å². The molecule has 3 saturated carbocycles. The third kappa shape index (κ3) is 5.49. The van der Waals surface area contributed by atoms with Gasteiger partial charge in [0.2, 0.25) is 5.91 Å². The number of hydroxylamine groups is 2. The van der Waals surface area contributed by atoms with E-state index in [4.69, 9.17) is 9.57 Å². The van der Waals surface area contributed by atoms with Crippen LogP contribution in [0.5, 0.6) is 5.75 Å². The third-order valence-corrected chi connectivity index (χ3v) is 10.8. The van der Waals surface area contributed by atoms with Crippen molar-refractivity contribution in [2.45, 2.75) is 71.7 Å². The molecule has 7 atom stereocenters. The van der Waals surface area contributed by atoms with E-state index in [1.165, 1.54) is 6.42 Å². The predicted octanol–water partition coefficient (Wildman–Crippen LogP) is 5.17. The number of aliphatic hydroxyl groups is 1. The van der Waals surface area contributed by atoms with Gasteiger partial charge in [0.1, 0.15) is 17.9 Å². The molecule has 0 spiro atoms. The fourth-order valence-corrected chi connectivity index (χ4v) is 8.32. The summed E-state index contributed by atoms with van der Waals surface area (Å²) >= 11 is 3.54. The maximum absolute atomic E-state index is 14.0. The van der Waals surface area contributed by atoms with Gasteiger partial charge in [-0.3, -0.25) is 14.4 Å². The number of fused-ring (bicyclic) bond motifs is 2. The van der Waals surface area contributed by atoms with E-state index >= 15 is 0 Å². The first kappa shape index (κ1) is 31.0. The molecule has 2 amide bonds. The number of rotatable bonds is 9. The number of halogens is 1. The topological polar surface area (TPSA) is 100 Å². The Balaban J connectivity index is 1.42. The fourth-order valence-electron chi connectivity index (χ4n) is 7.82. The van der Waals surface area contributed by atoms with Gasteiger partial charge in [-0.05, 0) is 66.2 Å². The van der Waals surface area contributed by atoms with Gasteiger partial charge in [0.25, 0.3) is 5.91 Å². The lowest BCUT2D eigenvalue weighted by Crippen LogP contribution is -2.62. The maximum atomic E-state index is 14.0. The number of methoxy groups -OCH3 is 1. The predicted molar refractivity (Wildman–Crippen MR) is 166 cm³/mol. The van der Waals surface area contributed by atoms with Gasteiger partial charge in [-0.1, -0.05) is 61.8 Å².